The van der Waals surface area contributed by atoms with Gasteiger partial charge in [-0.1, -0.05) is 20.3 Å². The molecule has 6 nitrogen and oxygen atoms in total. The predicted octanol–water partition coefficient (Wildman–Crippen LogP) is 2.09. The molecule has 1 unspecified atom stereocenters. The lowest BCUT2D eigenvalue weighted by molar-refractivity contribution is 0.0697. The summed E-state index contributed by atoms with van der Waals surface area (Å²) in [5, 5.41) is 12.3. The highest BCUT2D eigenvalue weighted by Gasteiger charge is 2.21. The molecule has 0 amide bonds. The van der Waals surface area contributed by atoms with Gasteiger partial charge in [0.15, 0.2) is 0 Å². The molecule has 0 radical (unpaired) electrons. The Morgan fingerprint density at radius 1 is 1.38 bits per heavy atom. The van der Waals surface area contributed by atoms with Crippen molar-refractivity contribution in [1.29, 1.82) is 0 Å². The molecule has 0 saturated carbocycles. The number of hydrogen-bond acceptors (Lipinski definition) is 4. The normalized spacial score (nSPS) is 13.2. The van der Waals surface area contributed by atoms with Crippen molar-refractivity contribution >= 4 is 21.7 Å². The molecule has 1 aromatic carbocycles. The Morgan fingerprint density at radius 2 is 2.00 bits per heavy atom. The van der Waals surface area contributed by atoms with Crippen LogP contribution in [0.5, 0.6) is 0 Å². The van der Waals surface area contributed by atoms with Gasteiger partial charge in [-0.15, -0.1) is 0 Å². The van der Waals surface area contributed by atoms with Gasteiger partial charge in [0.1, 0.15) is 0 Å². The van der Waals surface area contributed by atoms with Crippen LogP contribution in [-0.2, 0) is 10.0 Å². The number of benzene rings is 1. The monoisotopic (exact) mass is 314 g/mol. The smallest absolute Gasteiger partial charge is 0.337 e. The zero-order valence-electron chi connectivity index (χ0n) is 12.8. The average Bonchev–Trinajstić information content (AvgIpc) is 2.43. The SMILES string of the molecule is CCC(C)CNc1ccc(S(=O)(=O)N(C)C)cc1C(=O)O. The van der Waals surface area contributed by atoms with Gasteiger partial charge >= 0.3 is 5.97 Å². The van der Waals surface area contributed by atoms with Crippen LogP contribution in [0.1, 0.15) is 30.6 Å². The van der Waals surface area contributed by atoms with E-state index >= 15 is 0 Å². The minimum atomic E-state index is -3.64. The van der Waals surface area contributed by atoms with Crippen molar-refractivity contribution in [2.45, 2.75) is 25.2 Å². The number of carbonyl (C=O) groups is 1. The van der Waals surface area contributed by atoms with Crippen LogP contribution in [0.2, 0.25) is 0 Å². The quantitative estimate of drug-likeness (QED) is 0.805. The fourth-order valence-electron chi connectivity index (χ4n) is 1.65. The summed E-state index contributed by atoms with van der Waals surface area (Å²) in [6.07, 6.45) is 0.975. The Balaban J connectivity index is 3.17. The lowest BCUT2D eigenvalue weighted by Crippen LogP contribution is -2.23. The summed E-state index contributed by atoms with van der Waals surface area (Å²) < 4.78 is 25.1. The maximum atomic E-state index is 12.0. The van der Waals surface area contributed by atoms with Gasteiger partial charge in [-0.25, -0.2) is 17.5 Å². The molecule has 2 N–H and O–H groups in total. The van der Waals surface area contributed by atoms with Crippen LogP contribution in [0, 0.1) is 5.92 Å². The molecule has 0 spiro atoms. The molecule has 7 heteroatoms. The first kappa shape index (κ1) is 17.5. The standard InChI is InChI=1S/C14H22N2O4S/c1-5-10(2)9-15-13-7-6-11(8-12(13)14(17)18)21(19,20)16(3)4/h6-8,10,15H,5,9H2,1-4H3,(H,17,18). The van der Waals surface area contributed by atoms with Gasteiger partial charge in [-0.3, -0.25) is 0 Å². The lowest BCUT2D eigenvalue weighted by Gasteiger charge is -2.16. The summed E-state index contributed by atoms with van der Waals surface area (Å²) in [6.45, 7) is 4.74. The van der Waals surface area contributed by atoms with E-state index in [2.05, 4.69) is 19.2 Å². The number of aromatic carboxylic acids is 1. The van der Waals surface area contributed by atoms with E-state index in [4.69, 9.17) is 0 Å². The average molecular weight is 314 g/mol. The first-order valence-electron chi connectivity index (χ1n) is 6.73. The lowest BCUT2D eigenvalue weighted by atomic mass is 10.1. The van der Waals surface area contributed by atoms with Crippen molar-refractivity contribution in [3.63, 3.8) is 0 Å². The summed E-state index contributed by atoms with van der Waals surface area (Å²) in [5.41, 5.74) is 0.390. The van der Waals surface area contributed by atoms with Crippen molar-refractivity contribution in [3.05, 3.63) is 23.8 Å². The van der Waals surface area contributed by atoms with Gasteiger partial charge in [-0.05, 0) is 24.1 Å². The third kappa shape index (κ3) is 4.18. The van der Waals surface area contributed by atoms with Gasteiger partial charge in [0.25, 0.3) is 0 Å². The molecule has 0 fully saturated rings. The molecule has 0 aromatic heterocycles. The molecule has 0 aliphatic rings. The highest BCUT2D eigenvalue weighted by Crippen LogP contribution is 2.22. The Bertz CT molecular complexity index is 611. The second kappa shape index (κ2) is 6.91. The highest BCUT2D eigenvalue weighted by atomic mass is 32.2. The van der Waals surface area contributed by atoms with E-state index in [-0.39, 0.29) is 10.5 Å². The molecule has 1 aromatic rings. The van der Waals surface area contributed by atoms with Gasteiger partial charge in [0.05, 0.1) is 10.5 Å². The molecule has 1 rings (SSSR count). The van der Waals surface area contributed by atoms with Gasteiger partial charge in [0, 0.05) is 26.3 Å². The van der Waals surface area contributed by atoms with Crippen LogP contribution in [-0.4, -0.2) is 44.4 Å². The number of anilines is 1. The maximum absolute atomic E-state index is 12.0. The number of hydrogen-bond donors (Lipinski definition) is 2. The third-order valence-corrected chi connectivity index (χ3v) is 5.15. The number of rotatable bonds is 7. The van der Waals surface area contributed by atoms with Crippen LogP contribution in [0.4, 0.5) is 5.69 Å². The molecule has 1 atom stereocenters. The van der Waals surface area contributed by atoms with Crippen LogP contribution in [0.15, 0.2) is 23.1 Å². The van der Waals surface area contributed by atoms with Gasteiger partial charge in [-0.2, -0.15) is 0 Å². The van der Waals surface area contributed by atoms with Crippen molar-refractivity contribution in [2.75, 3.05) is 26.0 Å². The Labute approximate surface area is 125 Å². The minimum Gasteiger partial charge on any atom is -0.478 e. The van der Waals surface area contributed by atoms with Crippen molar-refractivity contribution in [2.24, 2.45) is 5.92 Å². The Morgan fingerprint density at radius 3 is 2.48 bits per heavy atom. The van der Waals surface area contributed by atoms with Crippen molar-refractivity contribution < 1.29 is 18.3 Å². The maximum Gasteiger partial charge on any atom is 0.337 e. The number of carboxylic acids is 1. The molecular formula is C14H22N2O4S. The Kier molecular flexibility index (Phi) is 5.74. The first-order chi connectivity index (χ1) is 9.70. The van der Waals surface area contributed by atoms with E-state index in [0.29, 0.717) is 18.2 Å². The molecule has 0 aliphatic heterocycles. The van der Waals surface area contributed by atoms with Crippen molar-refractivity contribution in [1.82, 2.24) is 4.31 Å². The summed E-state index contributed by atoms with van der Waals surface area (Å²) in [4.78, 5) is 11.3. The van der Waals surface area contributed by atoms with E-state index in [0.717, 1.165) is 10.7 Å². The molecular weight excluding hydrogens is 292 g/mol. The zero-order chi connectivity index (χ0) is 16.2. The van der Waals surface area contributed by atoms with Crippen molar-refractivity contribution in [3.8, 4) is 0 Å². The van der Waals surface area contributed by atoms with Crippen LogP contribution >= 0.6 is 0 Å². The number of carboxylic acid groups (broad SMARTS) is 1. The minimum absolute atomic E-state index is 0.0287. The second-order valence-corrected chi connectivity index (χ2v) is 7.35. The second-order valence-electron chi connectivity index (χ2n) is 5.19. The Hall–Kier alpha value is -1.60. The predicted molar refractivity (Wildman–Crippen MR) is 82.2 cm³/mol. The summed E-state index contributed by atoms with van der Waals surface area (Å²) in [5.74, 6) is -0.755. The number of nitrogens with zero attached hydrogens (tertiary/aromatic N) is 1. The molecule has 21 heavy (non-hydrogen) atoms. The van der Waals surface area contributed by atoms with E-state index < -0.39 is 16.0 Å². The van der Waals surface area contributed by atoms with Crippen LogP contribution in [0.25, 0.3) is 0 Å². The fourth-order valence-corrected chi connectivity index (χ4v) is 2.58. The zero-order valence-corrected chi connectivity index (χ0v) is 13.6. The largest absolute Gasteiger partial charge is 0.478 e. The van der Waals surface area contributed by atoms with Crippen LogP contribution in [0.3, 0.4) is 0 Å². The van der Waals surface area contributed by atoms with Gasteiger partial charge < -0.3 is 10.4 Å². The van der Waals surface area contributed by atoms with E-state index in [1.165, 1.54) is 32.3 Å². The fraction of sp³-hybridized carbons (Fsp3) is 0.500. The summed E-state index contributed by atoms with van der Waals surface area (Å²) >= 11 is 0. The molecule has 0 aliphatic carbocycles. The number of sulfonamides is 1. The summed E-state index contributed by atoms with van der Waals surface area (Å²) in [6, 6.07) is 4.11. The molecule has 0 bridgehead atoms. The van der Waals surface area contributed by atoms with E-state index in [9.17, 15) is 18.3 Å². The molecule has 118 valence electrons. The molecule has 0 saturated heterocycles. The molecule has 0 heterocycles. The third-order valence-electron chi connectivity index (χ3n) is 3.34. The topological polar surface area (TPSA) is 86.7 Å². The summed E-state index contributed by atoms with van der Waals surface area (Å²) in [7, 11) is -0.828. The van der Waals surface area contributed by atoms with Gasteiger partial charge in [0.2, 0.25) is 10.0 Å². The van der Waals surface area contributed by atoms with E-state index in [1.54, 1.807) is 0 Å². The highest BCUT2D eigenvalue weighted by molar-refractivity contribution is 7.89. The van der Waals surface area contributed by atoms with E-state index in [1.807, 2.05) is 0 Å². The number of nitrogens with one attached hydrogen (secondary N) is 1. The van der Waals surface area contributed by atoms with Crippen LogP contribution < -0.4 is 5.32 Å². The first-order valence-corrected chi connectivity index (χ1v) is 8.17.